The van der Waals surface area contributed by atoms with Crippen molar-refractivity contribution in [2.45, 2.75) is 19.6 Å². The minimum Gasteiger partial charge on any atom is -0.508 e. The number of benzene rings is 4. The summed E-state index contributed by atoms with van der Waals surface area (Å²) in [4.78, 5) is 30.6. The molecule has 1 fully saturated rings. The lowest BCUT2D eigenvalue weighted by Gasteiger charge is -2.35. The fraction of sp³-hybridized carbons (Fsp3) is 0.257. The quantitative estimate of drug-likeness (QED) is 0.289. The van der Waals surface area contributed by atoms with Crippen LogP contribution in [0.4, 0.5) is 10.5 Å². The molecule has 2 amide bonds. The highest BCUT2D eigenvalue weighted by Gasteiger charge is 2.34. The van der Waals surface area contributed by atoms with Gasteiger partial charge in [-0.05, 0) is 42.0 Å². The Morgan fingerprint density at radius 1 is 0.818 bits per heavy atom. The molecule has 1 atom stereocenters. The molecule has 0 bridgehead atoms. The van der Waals surface area contributed by atoms with E-state index in [-0.39, 0.29) is 23.7 Å². The monoisotopic (exact) mass is 585 g/mol. The third-order valence-electron chi connectivity index (χ3n) is 9.75. The van der Waals surface area contributed by atoms with E-state index < -0.39 is 0 Å². The average Bonchev–Trinajstić information content (AvgIpc) is 3.66. The normalized spacial score (nSPS) is 18.0. The Morgan fingerprint density at radius 2 is 1.43 bits per heavy atom. The van der Waals surface area contributed by atoms with E-state index >= 15 is 0 Å². The van der Waals surface area contributed by atoms with Crippen LogP contribution in [0.15, 0.2) is 72.8 Å². The van der Waals surface area contributed by atoms with Crippen molar-refractivity contribution in [2.24, 2.45) is 5.92 Å². The van der Waals surface area contributed by atoms with Gasteiger partial charge in [0, 0.05) is 90.0 Å². The van der Waals surface area contributed by atoms with Crippen molar-refractivity contribution >= 4 is 61.3 Å². The minimum absolute atomic E-state index is 0.0122. The fourth-order valence-corrected chi connectivity index (χ4v) is 7.77. The molecule has 0 saturated carbocycles. The van der Waals surface area contributed by atoms with E-state index in [1.165, 1.54) is 0 Å². The molecule has 44 heavy (non-hydrogen) atoms. The number of para-hydroxylation sites is 2. The summed E-state index contributed by atoms with van der Waals surface area (Å²) >= 11 is 0. The highest BCUT2D eigenvalue weighted by Crippen LogP contribution is 2.46. The molecule has 4 aromatic carbocycles. The van der Waals surface area contributed by atoms with Gasteiger partial charge in [0.15, 0.2) is 0 Å². The maximum absolute atomic E-state index is 13.3. The lowest BCUT2D eigenvalue weighted by Crippen LogP contribution is -2.49. The van der Waals surface area contributed by atoms with Gasteiger partial charge in [0.1, 0.15) is 5.75 Å². The van der Waals surface area contributed by atoms with Gasteiger partial charge >= 0.3 is 6.09 Å². The summed E-state index contributed by atoms with van der Waals surface area (Å²) in [6, 6.07) is 24.0. The number of carbonyl (C=O) groups is 2. The van der Waals surface area contributed by atoms with Gasteiger partial charge in [0.25, 0.3) is 5.91 Å². The molecule has 3 aliphatic heterocycles. The van der Waals surface area contributed by atoms with Crippen molar-refractivity contribution in [1.82, 2.24) is 19.4 Å². The van der Waals surface area contributed by atoms with Crippen LogP contribution in [0.2, 0.25) is 0 Å². The molecule has 6 aromatic rings. The van der Waals surface area contributed by atoms with Gasteiger partial charge in [-0.25, -0.2) is 4.79 Å². The van der Waals surface area contributed by atoms with Crippen molar-refractivity contribution < 1.29 is 19.4 Å². The van der Waals surface area contributed by atoms with E-state index in [4.69, 9.17) is 4.74 Å². The second-order valence-corrected chi connectivity index (χ2v) is 12.2. The molecule has 9 heteroatoms. The Bertz CT molecular complexity index is 2150. The number of piperazine rings is 1. The van der Waals surface area contributed by atoms with Gasteiger partial charge in [0.05, 0.1) is 23.2 Å². The number of nitrogens with zero attached hydrogens (tertiary/aromatic N) is 4. The Morgan fingerprint density at radius 3 is 2.11 bits per heavy atom. The minimum atomic E-state index is -0.280. The van der Waals surface area contributed by atoms with Crippen LogP contribution in [0.25, 0.3) is 43.6 Å². The number of carbonyl (C=O) groups excluding carboxylic acids is 2. The standard InChI is InChI=1S/C35H31N5O4/c41-23-11-9-22(10-12-23)37-13-15-38(16-14-37)35(43)44-20-21-18-39-27-7-3-1-5-24(27)29-26-17-36-34(42)31(26)30-25-6-2-4-8-28(25)40(19-21)33(30)32(29)39/h1-12,21,41H,13-20H2,(H,36,42). The van der Waals surface area contributed by atoms with Crippen LogP contribution in [-0.4, -0.2) is 63.9 Å². The third kappa shape index (κ3) is 3.58. The predicted octanol–water partition coefficient (Wildman–Crippen LogP) is 5.44. The number of hydrogen-bond acceptors (Lipinski definition) is 5. The van der Waals surface area contributed by atoms with E-state index in [1.807, 2.05) is 18.2 Å². The first kappa shape index (κ1) is 25.3. The lowest BCUT2D eigenvalue weighted by molar-refractivity contribution is 0.0805. The number of fused-ring (bicyclic) bond motifs is 9. The van der Waals surface area contributed by atoms with E-state index in [2.05, 4.69) is 61.8 Å². The van der Waals surface area contributed by atoms with Crippen LogP contribution >= 0.6 is 0 Å². The van der Waals surface area contributed by atoms with Crippen molar-refractivity contribution in [2.75, 3.05) is 37.7 Å². The number of phenolic OH excluding ortho intramolecular Hbond substituents is 1. The largest absolute Gasteiger partial charge is 0.508 e. The van der Waals surface area contributed by atoms with E-state index in [0.717, 1.165) is 60.4 Å². The molecule has 0 aliphatic carbocycles. The second kappa shape index (κ2) is 9.41. The first-order chi connectivity index (χ1) is 21.6. The topological polar surface area (TPSA) is 92.0 Å². The molecular formula is C35H31N5O4. The van der Waals surface area contributed by atoms with Crippen LogP contribution in [0.3, 0.4) is 0 Å². The van der Waals surface area contributed by atoms with E-state index in [0.29, 0.717) is 52.4 Å². The Kier molecular flexibility index (Phi) is 5.42. The molecule has 2 N–H and O–H groups in total. The zero-order valence-electron chi connectivity index (χ0n) is 24.1. The molecule has 220 valence electrons. The smallest absolute Gasteiger partial charge is 0.409 e. The van der Waals surface area contributed by atoms with Gasteiger partial charge in [-0.3, -0.25) is 4.79 Å². The molecule has 5 heterocycles. The van der Waals surface area contributed by atoms with Gasteiger partial charge < -0.3 is 34.1 Å². The summed E-state index contributed by atoms with van der Waals surface area (Å²) in [6.45, 7) is 4.77. The van der Waals surface area contributed by atoms with E-state index in [1.54, 1.807) is 17.0 Å². The fourth-order valence-electron chi connectivity index (χ4n) is 7.77. The van der Waals surface area contributed by atoms with Crippen molar-refractivity contribution in [3.63, 3.8) is 0 Å². The van der Waals surface area contributed by atoms with Crippen LogP contribution < -0.4 is 10.2 Å². The molecule has 0 radical (unpaired) electrons. The van der Waals surface area contributed by atoms with Crippen molar-refractivity contribution in [3.05, 3.63) is 83.9 Å². The highest BCUT2D eigenvalue weighted by atomic mass is 16.6. The maximum atomic E-state index is 13.3. The number of anilines is 1. The molecule has 0 spiro atoms. The number of amides is 2. The third-order valence-corrected chi connectivity index (χ3v) is 9.75. The number of aromatic nitrogens is 2. The van der Waals surface area contributed by atoms with Gasteiger partial charge in [0.2, 0.25) is 0 Å². The predicted molar refractivity (Wildman–Crippen MR) is 170 cm³/mol. The zero-order valence-corrected chi connectivity index (χ0v) is 24.1. The Hall–Kier alpha value is -5.18. The summed E-state index contributed by atoms with van der Waals surface area (Å²) in [6.07, 6.45) is -0.280. The summed E-state index contributed by atoms with van der Waals surface area (Å²) in [5.41, 5.74) is 7.38. The average molecular weight is 586 g/mol. The molecule has 9 nitrogen and oxygen atoms in total. The summed E-state index contributed by atoms with van der Waals surface area (Å²) < 4.78 is 10.8. The Balaban J connectivity index is 1.07. The molecule has 1 saturated heterocycles. The van der Waals surface area contributed by atoms with E-state index in [9.17, 15) is 14.7 Å². The van der Waals surface area contributed by atoms with Crippen LogP contribution in [0, 0.1) is 5.92 Å². The second-order valence-electron chi connectivity index (χ2n) is 12.2. The number of nitrogens with one attached hydrogen (secondary N) is 1. The molecule has 2 aromatic heterocycles. The number of aromatic hydroxyl groups is 1. The first-order valence-corrected chi connectivity index (χ1v) is 15.3. The number of hydrogen-bond donors (Lipinski definition) is 2. The SMILES string of the molecule is O=C1NCc2c1c1c3ccccc3n3c1c1c2c2ccccc2n1CC(COC(=O)N1CCN(c2ccc(O)cc2)CC1)C3. The zero-order chi connectivity index (χ0) is 29.5. The lowest BCUT2D eigenvalue weighted by atomic mass is 9.97. The first-order valence-electron chi connectivity index (χ1n) is 15.3. The Labute approximate surface area is 252 Å². The number of ether oxygens (including phenoxy) is 1. The van der Waals surface area contributed by atoms with Gasteiger partial charge in [-0.1, -0.05) is 36.4 Å². The van der Waals surface area contributed by atoms with Gasteiger partial charge in [-0.2, -0.15) is 0 Å². The van der Waals surface area contributed by atoms with Crippen molar-refractivity contribution in [3.8, 4) is 5.75 Å². The van der Waals surface area contributed by atoms with Gasteiger partial charge in [-0.15, -0.1) is 0 Å². The molecular weight excluding hydrogens is 554 g/mol. The molecule has 9 rings (SSSR count). The summed E-state index contributed by atoms with van der Waals surface area (Å²) in [7, 11) is 0. The molecule has 3 aliphatic rings. The van der Waals surface area contributed by atoms with Crippen molar-refractivity contribution in [1.29, 1.82) is 0 Å². The van der Waals surface area contributed by atoms with Crippen LogP contribution in [0.1, 0.15) is 15.9 Å². The van der Waals surface area contributed by atoms with Crippen LogP contribution in [-0.2, 0) is 24.4 Å². The highest BCUT2D eigenvalue weighted by molar-refractivity contribution is 6.30. The number of phenols is 1. The summed E-state index contributed by atoms with van der Waals surface area (Å²) in [5, 5.41) is 17.1. The van der Waals surface area contributed by atoms with Crippen LogP contribution in [0.5, 0.6) is 5.75 Å². The summed E-state index contributed by atoms with van der Waals surface area (Å²) in [5.74, 6) is 0.266. The maximum Gasteiger partial charge on any atom is 0.409 e. The number of rotatable bonds is 3. The molecule has 1 unspecified atom stereocenters.